The van der Waals surface area contributed by atoms with E-state index in [-0.39, 0.29) is 11.6 Å². The van der Waals surface area contributed by atoms with E-state index >= 15 is 0 Å². The van der Waals surface area contributed by atoms with E-state index in [1.807, 2.05) is 0 Å². The smallest absolute Gasteiger partial charge is 0.146 e. The molecular formula is C14H14F2N2. The molecule has 2 aromatic carbocycles. The molecule has 2 rings (SSSR count). The Bertz CT molecular complexity index is 467. The summed E-state index contributed by atoms with van der Waals surface area (Å²) in [5.74, 6) is -0.577. The molecule has 2 nitrogen and oxygen atoms in total. The van der Waals surface area contributed by atoms with Crippen LogP contribution in [0.2, 0.25) is 0 Å². The molecule has 0 atom stereocenters. The lowest BCUT2D eigenvalue weighted by Gasteiger charge is -2.09. The van der Waals surface area contributed by atoms with Crippen LogP contribution in [0.1, 0.15) is 0 Å². The topological polar surface area (TPSA) is 24.1 Å². The molecule has 2 aromatic rings. The minimum atomic E-state index is -0.289. The Morgan fingerprint density at radius 2 is 1.06 bits per heavy atom. The number of anilines is 2. The van der Waals surface area contributed by atoms with Gasteiger partial charge in [-0.2, -0.15) is 0 Å². The second-order valence-corrected chi connectivity index (χ2v) is 3.81. The van der Waals surface area contributed by atoms with Crippen LogP contribution < -0.4 is 10.6 Å². The molecule has 0 radical (unpaired) electrons. The van der Waals surface area contributed by atoms with Crippen LogP contribution in [-0.2, 0) is 0 Å². The van der Waals surface area contributed by atoms with Crippen LogP contribution in [0.4, 0.5) is 20.2 Å². The fourth-order valence-corrected chi connectivity index (χ4v) is 1.60. The third-order valence-electron chi connectivity index (χ3n) is 2.50. The van der Waals surface area contributed by atoms with Crippen LogP contribution in [0, 0.1) is 11.6 Å². The van der Waals surface area contributed by atoms with E-state index in [2.05, 4.69) is 10.6 Å². The Morgan fingerprint density at radius 1 is 0.667 bits per heavy atom. The number of benzene rings is 2. The van der Waals surface area contributed by atoms with Gasteiger partial charge in [0.15, 0.2) is 0 Å². The zero-order valence-electron chi connectivity index (χ0n) is 9.79. The number of rotatable bonds is 5. The molecule has 0 unspecified atom stereocenters. The van der Waals surface area contributed by atoms with Crippen molar-refractivity contribution in [2.45, 2.75) is 0 Å². The molecule has 0 aliphatic heterocycles. The highest BCUT2D eigenvalue weighted by atomic mass is 19.1. The molecule has 0 amide bonds. The molecule has 94 valence electrons. The van der Waals surface area contributed by atoms with Gasteiger partial charge in [-0.15, -0.1) is 0 Å². The Balaban J connectivity index is 1.80. The van der Waals surface area contributed by atoms with Crippen LogP contribution in [0.5, 0.6) is 0 Å². The largest absolute Gasteiger partial charge is 0.381 e. The van der Waals surface area contributed by atoms with E-state index in [4.69, 9.17) is 0 Å². The van der Waals surface area contributed by atoms with Crippen molar-refractivity contribution < 1.29 is 8.78 Å². The molecule has 0 bridgehead atoms. The van der Waals surface area contributed by atoms with Gasteiger partial charge < -0.3 is 10.6 Å². The standard InChI is InChI=1S/C14H14F2N2/c15-11-5-1-3-7-13(11)17-9-10-18-14-8-4-2-6-12(14)16/h1-8,17-18H,9-10H2. The molecular weight excluding hydrogens is 234 g/mol. The highest BCUT2D eigenvalue weighted by molar-refractivity contribution is 5.46. The molecule has 0 fully saturated rings. The molecule has 0 saturated heterocycles. The summed E-state index contributed by atoms with van der Waals surface area (Å²) in [6.45, 7) is 1.02. The fraction of sp³-hybridized carbons (Fsp3) is 0.143. The zero-order chi connectivity index (χ0) is 12.8. The lowest BCUT2D eigenvalue weighted by molar-refractivity contribution is 0.628. The highest BCUT2D eigenvalue weighted by Gasteiger charge is 2.00. The maximum Gasteiger partial charge on any atom is 0.146 e. The van der Waals surface area contributed by atoms with Gasteiger partial charge in [-0.25, -0.2) is 8.78 Å². The third-order valence-corrected chi connectivity index (χ3v) is 2.50. The van der Waals surface area contributed by atoms with Crippen molar-refractivity contribution in [1.29, 1.82) is 0 Å². The third kappa shape index (κ3) is 3.20. The van der Waals surface area contributed by atoms with E-state index in [1.54, 1.807) is 36.4 Å². The first-order valence-corrected chi connectivity index (χ1v) is 5.74. The molecule has 0 saturated carbocycles. The normalized spacial score (nSPS) is 10.1. The fourth-order valence-electron chi connectivity index (χ4n) is 1.60. The number of halogens is 2. The molecule has 0 spiro atoms. The predicted octanol–water partition coefficient (Wildman–Crippen LogP) is 3.49. The first kappa shape index (κ1) is 12.4. The lowest BCUT2D eigenvalue weighted by atomic mass is 10.3. The van der Waals surface area contributed by atoms with Gasteiger partial charge in [-0.05, 0) is 24.3 Å². The number of hydrogen-bond donors (Lipinski definition) is 2. The highest BCUT2D eigenvalue weighted by Crippen LogP contribution is 2.13. The van der Waals surface area contributed by atoms with Gasteiger partial charge in [0, 0.05) is 13.1 Å². The summed E-state index contributed by atoms with van der Waals surface area (Å²) >= 11 is 0. The zero-order valence-corrected chi connectivity index (χ0v) is 9.79. The summed E-state index contributed by atoms with van der Waals surface area (Å²) in [5.41, 5.74) is 0.903. The van der Waals surface area contributed by atoms with Crippen molar-refractivity contribution in [2.24, 2.45) is 0 Å². The van der Waals surface area contributed by atoms with Crippen molar-refractivity contribution in [3.05, 3.63) is 60.2 Å². The van der Waals surface area contributed by atoms with Crippen molar-refractivity contribution in [3.63, 3.8) is 0 Å². The van der Waals surface area contributed by atoms with Gasteiger partial charge in [0.1, 0.15) is 11.6 Å². The van der Waals surface area contributed by atoms with Crippen molar-refractivity contribution in [2.75, 3.05) is 23.7 Å². The summed E-state index contributed by atoms with van der Waals surface area (Å²) < 4.78 is 26.5. The SMILES string of the molecule is Fc1ccccc1NCCNc1ccccc1F. The van der Waals surface area contributed by atoms with Gasteiger partial charge >= 0.3 is 0 Å². The van der Waals surface area contributed by atoms with Gasteiger partial charge in [-0.1, -0.05) is 24.3 Å². The summed E-state index contributed by atoms with van der Waals surface area (Å²) in [6, 6.07) is 12.9. The first-order valence-electron chi connectivity index (χ1n) is 5.74. The molecule has 4 heteroatoms. The number of para-hydroxylation sites is 2. The predicted molar refractivity (Wildman–Crippen MR) is 69.8 cm³/mol. The van der Waals surface area contributed by atoms with E-state index in [0.717, 1.165) is 0 Å². The molecule has 0 aromatic heterocycles. The Labute approximate surface area is 105 Å². The maximum absolute atomic E-state index is 13.3. The van der Waals surface area contributed by atoms with Crippen LogP contribution in [-0.4, -0.2) is 13.1 Å². The Morgan fingerprint density at radius 3 is 1.44 bits per heavy atom. The minimum absolute atomic E-state index is 0.289. The monoisotopic (exact) mass is 248 g/mol. The quantitative estimate of drug-likeness (QED) is 0.791. The summed E-state index contributed by atoms with van der Waals surface area (Å²) in [6.07, 6.45) is 0. The maximum atomic E-state index is 13.3. The summed E-state index contributed by atoms with van der Waals surface area (Å²) in [7, 11) is 0. The Kier molecular flexibility index (Phi) is 4.12. The number of nitrogens with one attached hydrogen (secondary N) is 2. The van der Waals surface area contributed by atoms with Gasteiger partial charge in [0.25, 0.3) is 0 Å². The summed E-state index contributed by atoms with van der Waals surface area (Å²) in [4.78, 5) is 0. The average molecular weight is 248 g/mol. The summed E-state index contributed by atoms with van der Waals surface area (Å²) in [5, 5.41) is 5.89. The van der Waals surface area contributed by atoms with Crippen molar-refractivity contribution >= 4 is 11.4 Å². The molecule has 0 aliphatic carbocycles. The Hall–Kier alpha value is -2.10. The van der Waals surface area contributed by atoms with Crippen LogP contribution in [0.3, 0.4) is 0 Å². The van der Waals surface area contributed by atoms with Gasteiger partial charge in [0.05, 0.1) is 11.4 Å². The van der Waals surface area contributed by atoms with Crippen LogP contribution >= 0.6 is 0 Å². The molecule has 18 heavy (non-hydrogen) atoms. The number of hydrogen-bond acceptors (Lipinski definition) is 2. The minimum Gasteiger partial charge on any atom is -0.381 e. The van der Waals surface area contributed by atoms with Crippen molar-refractivity contribution in [1.82, 2.24) is 0 Å². The second-order valence-electron chi connectivity index (χ2n) is 3.81. The van der Waals surface area contributed by atoms with E-state index in [9.17, 15) is 8.78 Å². The lowest BCUT2D eigenvalue weighted by Crippen LogP contribution is -2.14. The van der Waals surface area contributed by atoms with Crippen LogP contribution in [0.25, 0.3) is 0 Å². The van der Waals surface area contributed by atoms with Crippen LogP contribution in [0.15, 0.2) is 48.5 Å². The van der Waals surface area contributed by atoms with E-state index < -0.39 is 0 Å². The second kappa shape index (κ2) is 6.00. The van der Waals surface area contributed by atoms with E-state index in [0.29, 0.717) is 24.5 Å². The first-order chi connectivity index (χ1) is 8.77. The van der Waals surface area contributed by atoms with Gasteiger partial charge in [-0.3, -0.25) is 0 Å². The molecule has 2 N–H and O–H groups in total. The molecule has 0 aliphatic rings. The average Bonchev–Trinajstić information content (AvgIpc) is 2.38. The molecule has 0 heterocycles. The van der Waals surface area contributed by atoms with Crippen molar-refractivity contribution in [3.8, 4) is 0 Å². The van der Waals surface area contributed by atoms with Gasteiger partial charge in [0.2, 0.25) is 0 Å². The van der Waals surface area contributed by atoms with E-state index in [1.165, 1.54) is 12.1 Å².